The van der Waals surface area contributed by atoms with E-state index in [2.05, 4.69) is 10.2 Å². The van der Waals surface area contributed by atoms with Crippen molar-refractivity contribution in [1.29, 1.82) is 0 Å². The van der Waals surface area contributed by atoms with Gasteiger partial charge in [0.1, 0.15) is 5.82 Å². The average Bonchev–Trinajstić information content (AvgIpc) is 3.36. The van der Waals surface area contributed by atoms with Crippen LogP contribution in [0.25, 0.3) is 0 Å². The molecule has 1 aromatic carbocycles. The van der Waals surface area contributed by atoms with Gasteiger partial charge in [-0.1, -0.05) is 12.1 Å². The first kappa shape index (κ1) is 17.6. The average molecular weight is 374 g/mol. The van der Waals surface area contributed by atoms with Crippen LogP contribution in [0.1, 0.15) is 36.0 Å². The Kier molecular flexibility index (Phi) is 4.45. The van der Waals surface area contributed by atoms with Gasteiger partial charge in [0.15, 0.2) is 0 Å². The third-order valence-corrected chi connectivity index (χ3v) is 7.13. The molecule has 0 radical (unpaired) electrons. The van der Waals surface area contributed by atoms with Crippen LogP contribution in [0.5, 0.6) is 0 Å². The number of fused-ring (bicyclic) bond motifs is 1. The molecule has 146 valence electrons. The van der Waals surface area contributed by atoms with E-state index in [0.717, 1.165) is 52.0 Å². The van der Waals surface area contributed by atoms with Gasteiger partial charge in [-0.2, -0.15) is 0 Å². The molecule has 2 bridgehead atoms. The fourth-order valence-electron chi connectivity index (χ4n) is 5.78. The Bertz CT molecular complexity index is 723. The lowest BCUT2D eigenvalue weighted by Gasteiger charge is -2.32. The molecule has 0 aromatic heterocycles. The summed E-state index contributed by atoms with van der Waals surface area (Å²) < 4.78 is 25.9. The Labute approximate surface area is 159 Å². The summed E-state index contributed by atoms with van der Waals surface area (Å²) in [5, 5.41) is 2.97. The van der Waals surface area contributed by atoms with Crippen LogP contribution in [-0.2, 0) is 9.47 Å². The summed E-state index contributed by atoms with van der Waals surface area (Å²) in [6.07, 6.45) is 4.62. The van der Waals surface area contributed by atoms with E-state index < -0.39 is 5.82 Å². The second-order valence-corrected chi connectivity index (χ2v) is 8.49. The zero-order valence-corrected chi connectivity index (χ0v) is 15.5. The van der Waals surface area contributed by atoms with Gasteiger partial charge in [-0.15, -0.1) is 0 Å². The number of amides is 1. The van der Waals surface area contributed by atoms with E-state index >= 15 is 0 Å². The Morgan fingerprint density at radius 1 is 1.26 bits per heavy atom. The van der Waals surface area contributed by atoms with Gasteiger partial charge in [-0.25, -0.2) is 4.39 Å². The minimum absolute atomic E-state index is 0.0314. The van der Waals surface area contributed by atoms with Crippen molar-refractivity contribution in [3.8, 4) is 0 Å². The summed E-state index contributed by atoms with van der Waals surface area (Å²) in [4.78, 5) is 15.0. The molecular weight excluding hydrogens is 347 g/mol. The molecule has 4 fully saturated rings. The minimum Gasteiger partial charge on any atom is -0.381 e. The second-order valence-electron chi connectivity index (χ2n) is 8.49. The largest absolute Gasteiger partial charge is 0.381 e. The van der Waals surface area contributed by atoms with Gasteiger partial charge in [0, 0.05) is 50.7 Å². The number of hydrogen-bond acceptors (Lipinski definition) is 4. The lowest BCUT2D eigenvalue weighted by Crippen LogP contribution is -2.42. The van der Waals surface area contributed by atoms with E-state index in [9.17, 15) is 9.18 Å². The highest BCUT2D eigenvalue weighted by atomic mass is 19.1. The van der Waals surface area contributed by atoms with Gasteiger partial charge >= 0.3 is 0 Å². The van der Waals surface area contributed by atoms with Crippen molar-refractivity contribution in [3.63, 3.8) is 0 Å². The summed E-state index contributed by atoms with van der Waals surface area (Å²) in [6, 6.07) is 6.74. The van der Waals surface area contributed by atoms with Gasteiger partial charge in [-0.05, 0) is 37.8 Å². The molecular formula is C21H27FN2O3. The molecule has 4 heterocycles. The quantitative estimate of drug-likeness (QED) is 0.878. The molecule has 4 atom stereocenters. The molecule has 0 saturated carbocycles. The van der Waals surface area contributed by atoms with Crippen molar-refractivity contribution in [2.45, 2.75) is 43.4 Å². The molecule has 0 unspecified atom stereocenters. The first-order chi connectivity index (χ1) is 13.2. The van der Waals surface area contributed by atoms with Crippen LogP contribution >= 0.6 is 0 Å². The fourth-order valence-corrected chi connectivity index (χ4v) is 5.78. The number of carbonyl (C=O) groups excluding carboxylic acids is 1. The third-order valence-electron chi connectivity index (χ3n) is 7.13. The van der Waals surface area contributed by atoms with E-state index in [1.165, 1.54) is 12.1 Å². The number of nitrogens with zero attached hydrogens (tertiary/aromatic N) is 1. The number of benzene rings is 1. The van der Waals surface area contributed by atoms with E-state index in [0.29, 0.717) is 24.4 Å². The topological polar surface area (TPSA) is 50.8 Å². The zero-order valence-electron chi connectivity index (χ0n) is 15.5. The number of hydrogen-bond donors (Lipinski definition) is 1. The zero-order chi connectivity index (χ0) is 18.4. The Morgan fingerprint density at radius 2 is 2.07 bits per heavy atom. The molecule has 1 aromatic rings. The maximum atomic E-state index is 13.9. The van der Waals surface area contributed by atoms with Crippen LogP contribution in [0.2, 0.25) is 0 Å². The van der Waals surface area contributed by atoms with Crippen LogP contribution in [0.15, 0.2) is 24.3 Å². The third kappa shape index (κ3) is 2.98. The highest BCUT2D eigenvalue weighted by molar-refractivity contribution is 5.94. The minimum atomic E-state index is -0.470. The molecule has 6 heteroatoms. The lowest BCUT2D eigenvalue weighted by atomic mass is 9.73. The molecule has 27 heavy (non-hydrogen) atoms. The molecule has 4 aliphatic rings. The number of halogens is 1. The molecule has 1 N–H and O–H groups in total. The highest BCUT2D eigenvalue weighted by Gasteiger charge is 2.63. The number of carbonyl (C=O) groups is 1. The van der Waals surface area contributed by atoms with E-state index in [4.69, 9.17) is 9.47 Å². The van der Waals surface area contributed by atoms with Crippen LogP contribution in [-0.4, -0.2) is 61.4 Å². The molecule has 5 rings (SSSR count). The molecule has 1 amide bonds. The van der Waals surface area contributed by atoms with Crippen molar-refractivity contribution >= 4 is 5.91 Å². The Hall–Kier alpha value is -1.50. The fraction of sp³-hybridized carbons (Fsp3) is 0.667. The molecule has 4 aliphatic heterocycles. The summed E-state index contributed by atoms with van der Waals surface area (Å²) in [7, 11) is 0. The van der Waals surface area contributed by atoms with Gasteiger partial charge in [0.05, 0.1) is 17.3 Å². The highest BCUT2D eigenvalue weighted by Crippen LogP contribution is 2.55. The number of nitrogens with one attached hydrogen (secondary N) is 1. The van der Waals surface area contributed by atoms with Gasteiger partial charge in [-0.3, -0.25) is 9.69 Å². The normalized spacial score (nSPS) is 36.1. The Balaban J connectivity index is 1.26. The van der Waals surface area contributed by atoms with Crippen LogP contribution in [0, 0.1) is 17.7 Å². The first-order valence-corrected chi connectivity index (χ1v) is 10.2. The van der Waals surface area contributed by atoms with Crippen LogP contribution in [0.3, 0.4) is 0 Å². The number of likely N-dealkylation sites (tertiary alicyclic amines) is 1. The predicted octanol–water partition coefficient (Wildman–Crippen LogP) is 2.21. The van der Waals surface area contributed by atoms with E-state index in [-0.39, 0.29) is 23.2 Å². The van der Waals surface area contributed by atoms with Crippen molar-refractivity contribution in [1.82, 2.24) is 10.2 Å². The summed E-state index contributed by atoms with van der Waals surface area (Å²) in [5.74, 6) is -0.0224. The second kappa shape index (κ2) is 6.83. The molecule has 1 spiro atoms. The number of ether oxygens (including phenoxy) is 2. The van der Waals surface area contributed by atoms with Gasteiger partial charge < -0.3 is 14.8 Å². The lowest BCUT2D eigenvalue weighted by molar-refractivity contribution is -0.0122. The van der Waals surface area contributed by atoms with Gasteiger partial charge in [0.25, 0.3) is 5.91 Å². The van der Waals surface area contributed by atoms with Crippen molar-refractivity contribution < 1.29 is 18.7 Å². The summed E-state index contributed by atoms with van der Waals surface area (Å²) in [5.41, 5.74) is 0.0858. The SMILES string of the molecule is O=C(NC[C@H]1[C@H]2CN(C3CCOCC3)C[C@]23CC[C@H]1O3)c1ccccc1F. The van der Waals surface area contributed by atoms with Crippen LogP contribution in [0.4, 0.5) is 4.39 Å². The van der Waals surface area contributed by atoms with Crippen LogP contribution < -0.4 is 5.32 Å². The summed E-state index contributed by atoms with van der Waals surface area (Å²) in [6.45, 7) is 4.32. The number of rotatable bonds is 4. The van der Waals surface area contributed by atoms with Crippen molar-refractivity contribution in [3.05, 3.63) is 35.6 Å². The summed E-state index contributed by atoms with van der Waals surface area (Å²) >= 11 is 0. The molecule has 5 nitrogen and oxygen atoms in total. The van der Waals surface area contributed by atoms with Crippen molar-refractivity contribution in [2.75, 3.05) is 32.8 Å². The maximum Gasteiger partial charge on any atom is 0.254 e. The molecule has 4 saturated heterocycles. The maximum absolute atomic E-state index is 13.9. The van der Waals surface area contributed by atoms with Crippen molar-refractivity contribution in [2.24, 2.45) is 11.8 Å². The smallest absolute Gasteiger partial charge is 0.254 e. The standard InChI is InChI=1S/C21H27FN2O3/c22-18-4-2-1-3-15(18)20(25)23-11-16-17-12-24(14-6-9-26-10-7-14)13-21(17)8-5-19(16)27-21/h1-4,14,16-17,19H,5-13H2,(H,23,25)/t16-,17+,19+,21+/m0/s1. The predicted molar refractivity (Wildman–Crippen MR) is 98.0 cm³/mol. The first-order valence-electron chi connectivity index (χ1n) is 10.2. The van der Waals surface area contributed by atoms with E-state index in [1.807, 2.05) is 0 Å². The Morgan fingerprint density at radius 3 is 2.89 bits per heavy atom. The molecule has 0 aliphatic carbocycles. The van der Waals surface area contributed by atoms with E-state index in [1.54, 1.807) is 12.1 Å². The monoisotopic (exact) mass is 374 g/mol. The van der Waals surface area contributed by atoms with Gasteiger partial charge in [0.2, 0.25) is 0 Å².